The van der Waals surface area contributed by atoms with Crippen molar-refractivity contribution in [1.82, 2.24) is 0 Å². The summed E-state index contributed by atoms with van der Waals surface area (Å²) in [6, 6.07) is 21.8. The molecule has 172 valence electrons. The molecule has 6 rings (SSSR count). The minimum absolute atomic E-state index is 0.280. The van der Waals surface area contributed by atoms with Gasteiger partial charge < -0.3 is 9.15 Å². The Morgan fingerprint density at radius 3 is 2.34 bits per heavy atom. The van der Waals surface area contributed by atoms with Gasteiger partial charge in [-0.2, -0.15) is 0 Å². The van der Waals surface area contributed by atoms with Gasteiger partial charge in [-0.15, -0.1) is 0 Å². The van der Waals surface area contributed by atoms with Crippen molar-refractivity contribution in [3.05, 3.63) is 110 Å². The molecule has 0 amide bonds. The van der Waals surface area contributed by atoms with Crippen LogP contribution >= 0.6 is 15.9 Å². The fourth-order valence-corrected chi connectivity index (χ4v) is 5.85. The van der Waals surface area contributed by atoms with Crippen LogP contribution in [0.15, 0.2) is 92.5 Å². The van der Waals surface area contributed by atoms with Crippen molar-refractivity contribution < 1.29 is 23.5 Å². The predicted octanol–water partition coefficient (Wildman–Crippen LogP) is 5.33. The van der Waals surface area contributed by atoms with E-state index in [0.717, 1.165) is 4.47 Å². The number of hydrogen-bond acceptors (Lipinski definition) is 6. The molecule has 3 aromatic carbocycles. The third-order valence-electron chi connectivity index (χ3n) is 7.32. The van der Waals surface area contributed by atoms with Gasteiger partial charge in [0.25, 0.3) is 0 Å². The van der Waals surface area contributed by atoms with E-state index < -0.39 is 34.1 Å². The van der Waals surface area contributed by atoms with Crippen molar-refractivity contribution >= 4 is 44.4 Å². The van der Waals surface area contributed by atoms with Crippen LogP contribution < -0.4 is 10.4 Å². The minimum Gasteiger partial charge on any atom is -0.425 e. The van der Waals surface area contributed by atoms with E-state index in [1.807, 2.05) is 0 Å². The normalized spacial score (nSPS) is 24.3. The average Bonchev–Trinajstić information content (AvgIpc) is 3.46. The maximum Gasteiger partial charge on any atom is 0.347 e. The number of esters is 1. The fraction of sp³-hybridized carbons (Fsp3) is 0.143. The van der Waals surface area contributed by atoms with E-state index in [1.54, 1.807) is 79.7 Å². The highest BCUT2D eigenvalue weighted by molar-refractivity contribution is 9.10. The summed E-state index contributed by atoms with van der Waals surface area (Å²) in [6.07, 6.45) is 0. The van der Waals surface area contributed by atoms with Gasteiger partial charge in [-0.1, -0.05) is 71.4 Å². The lowest BCUT2D eigenvalue weighted by Crippen LogP contribution is -2.40. The zero-order chi connectivity index (χ0) is 24.5. The van der Waals surface area contributed by atoms with Gasteiger partial charge in [-0.3, -0.25) is 14.4 Å². The van der Waals surface area contributed by atoms with E-state index in [1.165, 1.54) is 6.07 Å². The number of halogens is 1. The third kappa shape index (κ3) is 2.76. The average molecular weight is 529 g/mol. The number of rotatable bonds is 4. The number of para-hydroxylation sites is 2. The van der Waals surface area contributed by atoms with E-state index in [4.69, 9.17) is 9.15 Å². The molecule has 2 heterocycles. The molecule has 0 radical (unpaired) electrons. The Morgan fingerprint density at radius 1 is 0.886 bits per heavy atom. The summed E-state index contributed by atoms with van der Waals surface area (Å²) >= 11 is 3.36. The third-order valence-corrected chi connectivity index (χ3v) is 7.85. The summed E-state index contributed by atoms with van der Waals surface area (Å²) < 4.78 is 11.8. The largest absolute Gasteiger partial charge is 0.425 e. The van der Waals surface area contributed by atoms with Gasteiger partial charge >= 0.3 is 11.6 Å². The highest BCUT2D eigenvalue weighted by atomic mass is 79.9. The lowest BCUT2D eigenvalue weighted by Gasteiger charge is -2.22. The second-order valence-electron chi connectivity index (χ2n) is 9.02. The number of hydrogen-bond donors (Lipinski definition) is 0. The van der Waals surface area contributed by atoms with Crippen molar-refractivity contribution in [2.24, 2.45) is 10.8 Å². The summed E-state index contributed by atoms with van der Waals surface area (Å²) in [5.74, 6) is -2.46. The molecule has 1 aromatic heterocycles. The summed E-state index contributed by atoms with van der Waals surface area (Å²) in [4.78, 5) is 54.5. The number of carbonyl (C=O) groups is 3. The zero-order valence-corrected chi connectivity index (χ0v) is 20.0. The molecule has 3 atom stereocenters. The molecule has 1 aliphatic heterocycles. The van der Waals surface area contributed by atoms with Crippen LogP contribution in [0.25, 0.3) is 11.0 Å². The SMILES string of the molecule is C[C@@]1(C(=O)c2ccc(Br)cc2)[C@H]2c3ccccc3OC(=O)[C@@]21C(=O)c1cc2ccccc2oc1=O. The second-order valence-corrected chi connectivity index (χ2v) is 9.94. The Balaban J connectivity index is 1.58. The molecule has 1 saturated carbocycles. The number of Topliss-reactive ketones (excluding diaryl/α,β-unsaturated/α-hetero) is 2. The standard InChI is InChI=1S/C28H17BrO6/c1-27(23(30)15-10-12-17(29)13-11-15)22-18-7-3-5-9-21(18)35-26(33)28(22,27)24(31)19-14-16-6-2-4-8-20(16)34-25(19)32/h2-14,22H,1H3/t22-,27+,28+/m1/s1. The molecule has 7 heteroatoms. The van der Waals surface area contributed by atoms with E-state index in [2.05, 4.69) is 15.9 Å². The number of fused-ring (bicyclic) bond motifs is 4. The topological polar surface area (TPSA) is 90.7 Å². The molecule has 0 spiro atoms. The number of ether oxygens (including phenoxy) is 1. The van der Waals surface area contributed by atoms with Crippen LogP contribution in [0.3, 0.4) is 0 Å². The molecular formula is C28H17BrO6. The van der Waals surface area contributed by atoms with Gasteiger partial charge in [0.1, 0.15) is 16.9 Å². The summed E-state index contributed by atoms with van der Waals surface area (Å²) in [5, 5.41) is 0.537. The fourth-order valence-electron chi connectivity index (χ4n) is 5.59. The molecule has 0 bridgehead atoms. The highest BCUT2D eigenvalue weighted by Gasteiger charge is 2.87. The summed E-state index contributed by atoms with van der Waals surface area (Å²) in [6.45, 7) is 1.60. The van der Waals surface area contributed by atoms with Gasteiger partial charge in [-0.25, -0.2) is 4.79 Å². The van der Waals surface area contributed by atoms with Gasteiger partial charge in [0.2, 0.25) is 0 Å². The molecule has 2 aliphatic rings. The van der Waals surface area contributed by atoms with Crippen molar-refractivity contribution in [1.29, 1.82) is 0 Å². The number of carbonyl (C=O) groups excluding carboxylic acids is 3. The van der Waals surface area contributed by atoms with Crippen LogP contribution in [-0.2, 0) is 4.79 Å². The lowest BCUT2D eigenvalue weighted by molar-refractivity contribution is -0.140. The molecule has 35 heavy (non-hydrogen) atoms. The van der Waals surface area contributed by atoms with Gasteiger partial charge in [0.15, 0.2) is 17.0 Å². The monoisotopic (exact) mass is 528 g/mol. The van der Waals surface area contributed by atoms with Crippen LogP contribution in [0, 0.1) is 10.8 Å². The zero-order valence-electron chi connectivity index (χ0n) is 18.4. The smallest absolute Gasteiger partial charge is 0.347 e. The van der Waals surface area contributed by atoms with E-state index >= 15 is 0 Å². The Hall–Kier alpha value is -3.84. The van der Waals surface area contributed by atoms with E-state index in [-0.39, 0.29) is 11.3 Å². The second kappa shape index (κ2) is 7.33. The van der Waals surface area contributed by atoms with Crippen LogP contribution in [0.4, 0.5) is 0 Å². The van der Waals surface area contributed by atoms with Crippen LogP contribution in [0.5, 0.6) is 5.75 Å². The Bertz CT molecular complexity index is 1640. The quantitative estimate of drug-likeness (QED) is 0.117. The number of ketones is 2. The van der Waals surface area contributed by atoms with Crippen molar-refractivity contribution in [3.63, 3.8) is 0 Å². The summed E-state index contributed by atoms with van der Waals surface area (Å²) in [5.41, 5.74) is -3.23. The van der Waals surface area contributed by atoms with Crippen LogP contribution in [0.1, 0.15) is 39.1 Å². The molecule has 4 aromatic rings. The lowest BCUT2D eigenvalue weighted by atomic mass is 9.82. The van der Waals surface area contributed by atoms with Crippen LogP contribution in [-0.4, -0.2) is 17.5 Å². The first-order chi connectivity index (χ1) is 16.8. The minimum atomic E-state index is -1.89. The maximum absolute atomic E-state index is 14.1. The first-order valence-corrected chi connectivity index (χ1v) is 11.8. The van der Waals surface area contributed by atoms with Gasteiger partial charge in [0, 0.05) is 26.9 Å². The van der Waals surface area contributed by atoms with Crippen molar-refractivity contribution in [2.75, 3.05) is 0 Å². The number of benzene rings is 3. The molecule has 0 saturated heterocycles. The molecule has 0 N–H and O–H groups in total. The summed E-state index contributed by atoms with van der Waals surface area (Å²) in [7, 11) is 0. The Kier molecular flexibility index (Phi) is 4.54. The van der Waals surface area contributed by atoms with Gasteiger partial charge in [-0.05, 0) is 30.3 Å². The Labute approximate surface area is 207 Å². The van der Waals surface area contributed by atoms with Crippen molar-refractivity contribution in [2.45, 2.75) is 12.8 Å². The molecule has 1 aliphatic carbocycles. The van der Waals surface area contributed by atoms with E-state index in [9.17, 15) is 19.2 Å². The van der Waals surface area contributed by atoms with Crippen LogP contribution in [0.2, 0.25) is 0 Å². The highest BCUT2D eigenvalue weighted by Crippen LogP contribution is 2.79. The van der Waals surface area contributed by atoms with Crippen molar-refractivity contribution in [3.8, 4) is 5.75 Å². The maximum atomic E-state index is 14.1. The van der Waals surface area contributed by atoms with E-state index in [0.29, 0.717) is 27.8 Å². The molecule has 0 unspecified atom stereocenters. The molecule has 1 fully saturated rings. The van der Waals surface area contributed by atoms with Gasteiger partial charge in [0.05, 0.1) is 5.41 Å². The Morgan fingerprint density at radius 2 is 1.57 bits per heavy atom. The molecule has 6 nitrogen and oxygen atoms in total. The first-order valence-electron chi connectivity index (χ1n) is 11.0. The predicted molar refractivity (Wildman–Crippen MR) is 131 cm³/mol. The molecular weight excluding hydrogens is 512 g/mol. The first kappa shape index (κ1) is 21.7.